The van der Waals surface area contributed by atoms with Gasteiger partial charge in [0.25, 0.3) is 5.91 Å². The molecule has 1 aliphatic rings. The standard InChI is InChI=1S/C20H21N3O3S/c1-12-16-10-17(18(24)21-15-8-7-14(9-15)20(25)26)27-19(16)23(22-12)11-13-5-3-2-4-6-13/h2-6,10,14-15H,7-9,11H2,1H3,(H,21,24)(H,25,26)/t14-,15+/m1/s1. The van der Waals surface area contributed by atoms with Gasteiger partial charge in [0.15, 0.2) is 0 Å². The summed E-state index contributed by atoms with van der Waals surface area (Å²) in [7, 11) is 0. The molecular weight excluding hydrogens is 362 g/mol. The molecule has 1 amide bonds. The number of carboxylic acid groups (broad SMARTS) is 1. The van der Waals surface area contributed by atoms with Crippen molar-refractivity contribution in [3.05, 3.63) is 52.5 Å². The number of carbonyl (C=O) groups is 2. The molecule has 0 unspecified atom stereocenters. The topological polar surface area (TPSA) is 84.2 Å². The highest BCUT2D eigenvalue weighted by molar-refractivity contribution is 7.20. The summed E-state index contributed by atoms with van der Waals surface area (Å²) in [5, 5.41) is 17.7. The van der Waals surface area contributed by atoms with Crippen LogP contribution in [0.1, 0.15) is 40.2 Å². The summed E-state index contributed by atoms with van der Waals surface area (Å²) in [5.74, 6) is -1.25. The quantitative estimate of drug-likeness (QED) is 0.707. The lowest BCUT2D eigenvalue weighted by atomic mass is 10.1. The van der Waals surface area contributed by atoms with Crippen molar-refractivity contribution in [2.45, 2.75) is 38.8 Å². The lowest BCUT2D eigenvalue weighted by molar-refractivity contribution is -0.141. The maximum absolute atomic E-state index is 12.6. The average molecular weight is 383 g/mol. The second kappa shape index (κ2) is 7.15. The summed E-state index contributed by atoms with van der Waals surface area (Å²) in [6.07, 6.45) is 1.85. The highest BCUT2D eigenvalue weighted by Crippen LogP contribution is 2.30. The zero-order valence-electron chi connectivity index (χ0n) is 15.0. The molecule has 3 aromatic rings. The minimum absolute atomic E-state index is 0.0641. The van der Waals surface area contributed by atoms with Crippen LogP contribution in [0.5, 0.6) is 0 Å². The van der Waals surface area contributed by atoms with E-state index in [0.29, 0.717) is 30.7 Å². The van der Waals surface area contributed by atoms with Crippen LogP contribution in [0.25, 0.3) is 10.2 Å². The molecule has 6 nitrogen and oxygen atoms in total. The van der Waals surface area contributed by atoms with E-state index in [-0.39, 0.29) is 17.9 Å². The number of fused-ring (bicyclic) bond motifs is 1. The van der Waals surface area contributed by atoms with Crippen molar-refractivity contribution in [3.8, 4) is 0 Å². The van der Waals surface area contributed by atoms with E-state index < -0.39 is 5.97 Å². The number of aliphatic carboxylic acids is 1. The molecule has 0 spiro atoms. The number of benzene rings is 1. The molecule has 2 heterocycles. The number of hydrogen-bond acceptors (Lipinski definition) is 4. The Bertz CT molecular complexity index is 993. The molecule has 0 aliphatic heterocycles. The van der Waals surface area contributed by atoms with Gasteiger partial charge in [-0.2, -0.15) is 5.10 Å². The van der Waals surface area contributed by atoms with Gasteiger partial charge in [-0.25, -0.2) is 0 Å². The average Bonchev–Trinajstić information content (AvgIpc) is 3.34. The maximum Gasteiger partial charge on any atom is 0.306 e. The SMILES string of the molecule is Cc1nn(Cc2ccccc2)c2sc(C(=O)N[C@H]3CC[C@@H](C(=O)O)C3)cc12. The van der Waals surface area contributed by atoms with Gasteiger partial charge in [0.2, 0.25) is 0 Å². The van der Waals surface area contributed by atoms with Crippen molar-refractivity contribution in [3.63, 3.8) is 0 Å². The van der Waals surface area contributed by atoms with Crippen molar-refractivity contribution >= 4 is 33.4 Å². The molecule has 1 aliphatic carbocycles. The molecule has 1 fully saturated rings. The fourth-order valence-electron chi connectivity index (χ4n) is 3.68. The van der Waals surface area contributed by atoms with E-state index in [1.54, 1.807) is 0 Å². The van der Waals surface area contributed by atoms with E-state index in [0.717, 1.165) is 21.5 Å². The van der Waals surface area contributed by atoms with E-state index in [2.05, 4.69) is 22.5 Å². The number of thiophene rings is 1. The van der Waals surface area contributed by atoms with Crippen LogP contribution < -0.4 is 5.32 Å². The van der Waals surface area contributed by atoms with Gasteiger partial charge in [-0.3, -0.25) is 14.3 Å². The smallest absolute Gasteiger partial charge is 0.306 e. The number of aromatic nitrogens is 2. The molecule has 2 aromatic heterocycles. The van der Waals surface area contributed by atoms with E-state index in [9.17, 15) is 9.59 Å². The van der Waals surface area contributed by atoms with Gasteiger partial charge < -0.3 is 10.4 Å². The van der Waals surface area contributed by atoms with Crippen molar-refractivity contribution in [1.82, 2.24) is 15.1 Å². The number of rotatable bonds is 5. The molecule has 2 atom stereocenters. The Kier molecular flexibility index (Phi) is 4.70. The van der Waals surface area contributed by atoms with Crippen LogP contribution in [-0.4, -0.2) is 32.8 Å². The van der Waals surface area contributed by atoms with Gasteiger partial charge in [-0.1, -0.05) is 30.3 Å². The Balaban J connectivity index is 1.52. The van der Waals surface area contributed by atoms with E-state index in [4.69, 9.17) is 5.11 Å². The first kappa shape index (κ1) is 17.7. The molecule has 1 aromatic carbocycles. The predicted octanol–water partition coefficient (Wildman–Crippen LogP) is 3.44. The maximum atomic E-state index is 12.6. The summed E-state index contributed by atoms with van der Waals surface area (Å²) in [4.78, 5) is 25.4. The van der Waals surface area contributed by atoms with Crippen molar-refractivity contribution in [2.24, 2.45) is 5.92 Å². The van der Waals surface area contributed by atoms with E-state index in [1.165, 1.54) is 11.3 Å². The fourth-order valence-corrected chi connectivity index (χ4v) is 4.75. The Morgan fingerprint density at radius 3 is 2.78 bits per heavy atom. The molecule has 0 radical (unpaired) electrons. The molecule has 27 heavy (non-hydrogen) atoms. The van der Waals surface area contributed by atoms with Gasteiger partial charge in [-0.05, 0) is 37.8 Å². The van der Waals surface area contributed by atoms with Crippen molar-refractivity contribution < 1.29 is 14.7 Å². The zero-order valence-corrected chi connectivity index (χ0v) is 15.8. The molecule has 2 N–H and O–H groups in total. The molecule has 7 heteroatoms. The van der Waals surface area contributed by atoms with E-state index >= 15 is 0 Å². The minimum Gasteiger partial charge on any atom is -0.481 e. The third kappa shape index (κ3) is 3.60. The van der Waals surface area contributed by atoms with Crippen LogP contribution >= 0.6 is 11.3 Å². The molecule has 0 bridgehead atoms. The third-order valence-corrected chi connectivity index (χ3v) is 6.27. The lowest BCUT2D eigenvalue weighted by Gasteiger charge is -2.11. The van der Waals surface area contributed by atoms with Crippen LogP contribution in [0.4, 0.5) is 0 Å². The number of carbonyl (C=O) groups excluding carboxylic acids is 1. The second-order valence-corrected chi connectivity index (χ2v) is 8.11. The number of amides is 1. The summed E-state index contributed by atoms with van der Waals surface area (Å²) < 4.78 is 1.94. The van der Waals surface area contributed by atoms with E-state index in [1.807, 2.05) is 35.9 Å². The first-order valence-corrected chi connectivity index (χ1v) is 9.87. The summed E-state index contributed by atoms with van der Waals surface area (Å²) >= 11 is 1.43. The van der Waals surface area contributed by atoms with Gasteiger partial charge in [0, 0.05) is 11.4 Å². The summed E-state index contributed by atoms with van der Waals surface area (Å²) in [6, 6.07) is 11.9. The Morgan fingerprint density at radius 2 is 2.07 bits per heavy atom. The zero-order chi connectivity index (χ0) is 19.0. The monoisotopic (exact) mass is 383 g/mol. The van der Waals surface area contributed by atoms with Crippen LogP contribution in [0, 0.1) is 12.8 Å². The number of aryl methyl sites for hydroxylation is 1. The second-order valence-electron chi connectivity index (χ2n) is 7.08. The van der Waals surface area contributed by atoms with Crippen LogP contribution in [-0.2, 0) is 11.3 Å². The fraction of sp³-hybridized carbons (Fsp3) is 0.350. The van der Waals surface area contributed by atoms with Gasteiger partial charge in [-0.15, -0.1) is 11.3 Å². The van der Waals surface area contributed by atoms with Crippen molar-refractivity contribution in [1.29, 1.82) is 0 Å². The molecule has 4 rings (SSSR count). The predicted molar refractivity (Wildman–Crippen MR) is 104 cm³/mol. The largest absolute Gasteiger partial charge is 0.481 e. The van der Waals surface area contributed by atoms with Crippen LogP contribution in [0.2, 0.25) is 0 Å². The lowest BCUT2D eigenvalue weighted by Crippen LogP contribution is -2.32. The minimum atomic E-state index is -0.773. The third-order valence-electron chi connectivity index (χ3n) is 5.12. The number of nitrogens with one attached hydrogen (secondary N) is 1. The first-order chi connectivity index (χ1) is 13.0. The summed E-state index contributed by atoms with van der Waals surface area (Å²) in [6.45, 7) is 2.61. The Morgan fingerprint density at radius 1 is 1.30 bits per heavy atom. The van der Waals surface area contributed by atoms with Gasteiger partial charge >= 0.3 is 5.97 Å². The highest BCUT2D eigenvalue weighted by Gasteiger charge is 2.31. The van der Waals surface area contributed by atoms with Crippen LogP contribution in [0.3, 0.4) is 0 Å². The van der Waals surface area contributed by atoms with Gasteiger partial charge in [0.1, 0.15) is 4.83 Å². The Hall–Kier alpha value is -2.67. The highest BCUT2D eigenvalue weighted by atomic mass is 32.1. The number of carboxylic acids is 1. The van der Waals surface area contributed by atoms with Crippen molar-refractivity contribution in [2.75, 3.05) is 0 Å². The van der Waals surface area contributed by atoms with Crippen LogP contribution in [0.15, 0.2) is 36.4 Å². The molecule has 1 saturated carbocycles. The molecule has 140 valence electrons. The molecule has 0 saturated heterocycles. The number of hydrogen-bond donors (Lipinski definition) is 2. The first-order valence-electron chi connectivity index (χ1n) is 9.06. The number of nitrogens with zero attached hydrogens (tertiary/aromatic N) is 2. The molecular formula is C20H21N3O3S. The Labute approximate surface area is 160 Å². The normalized spacial score (nSPS) is 19.4. The van der Waals surface area contributed by atoms with Gasteiger partial charge in [0.05, 0.1) is 23.0 Å². The summed E-state index contributed by atoms with van der Waals surface area (Å²) in [5.41, 5.74) is 2.06.